The summed E-state index contributed by atoms with van der Waals surface area (Å²) < 4.78 is 0. The minimum absolute atomic E-state index is 0.177. The molecule has 9 heavy (non-hydrogen) atoms. The van der Waals surface area contributed by atoms with Crippen molar-refractivity contribution >= 4 is 0 Å². The number of nitrogens with zero attached hydrogens (tertiary/aromatic N) is 1. The number of rotatable bonds is 2. The van der Waals surface area contributed by atoms with E-state index in [1.807, 2.05) is 0 Å². The maximum absolute atomic E-state index is 3.60. The van der Waals surface area contributed by atoms with Gasteiger partial charge in [-0.2, -0.15) is 0 Å². The van der Waals surface area contributed by atoms with Crippen LogP contribution in [-0.4, -0.2) is 17.1 Å². The molecule has 0 aliphatic carbocycles. The van der Waals surface area contributed by atoms with Crippen LogP contribution in [0.2, 0.25) is 0 Å². The van der Waals surface area contributed by atoms with Crippen LogP contribution in [0, 0.1) is 7.05 Å². The number of nitrogens with one attached hydrogen (secondary N) is 1. The summed E-state index contributed by atoms with van der Waals surface area (Å²) in [7, 11) is 3.60. The Balaban J connectivity index is 3.79. The highest BCUT2D eigenvalue weighted by Gasteiger charge is 2.16. The Morgan fingerprint density at radius 2 is 1.89 bits per heavy atom. The molecular weight excluding hydrogens is 112 g/mol. The predicted octanol–water partition coefficient (Wildman–Crippen LogP) is 1.40. The number of hydrogen-bond acceptors (Lipinski definition) is 2. The van der Waals surface area contributed by atoms with E-state index >= 15 is 0 Å². The Bertz CT molecular complexity index is 69.5. The molecule has 2 nitrogen and oxygen atoms in total. The van der Waals surface area contributed by atoms with Crippen LogP contribution in [0.15, 0.2) is 0 Å². The highest BCUT2D eigenvalue weighted by atomic mass is 15.5. The van der Waals surface area contributed by atoms with Crippen LogP contribution < -0.4 is 5.43 Å². The predicted molar refractivity (Wildman–Crippen MR) is 40.6 cm³/mol. The highest BCUT2D eigenvalue weighted by Crippen LogP contribution is 2.08. The third-order valence-electron chi connectivity index (χ3n) is 1.32. The lowest BCUT2D eigenvalue weighted by atomic mass is 10.1. The minimum Gasteiger partial charge on any atom is -0.253 e. The summed E-state index contributed by atoms with van der Waals surface area (Å²) in [4.78, 5) is 0. The quantitative estimate of drug-likeness (QED) is 0.567. The molecule has 1 radical (unpaired) electrons. The van der Waals surface area contributed by atoms with Crippen LogP contribution in [0.1, 0.15) is 27.7 Å². The van der Waals surface area contributed by atoms with Crippen molar-refractivity contribution in [2.24, 2.45) is 0 Å². The second-order valence-electron chi connectivity index (χ2n) is 3.07. The Morgan fingerprint density at radius 3 is 1.89 bits per heavy atom. The van der Waals surface area contributed by atoms with Gasteiger partial charge in [-0.25, -0.2) is 5.01 Å². The second-order valence-corrected chi connectivity index (χ2v) is 3.07. The van der Waals surface area contributed by atoms with E-state index < -0.39 is 0 Å². The van der Waals surface area contributed by atoms with Crippen LogP contribution in [0.3, 0.4) is 0 Å². The average molecular weight is 129 g/mol. The zero-order valence-electron chi connectivity index (χ0n) is 6.86. The van der Waals surface area contributed by atoms with Gasteiger partial charge in [0, 0.05) is 19.1 Å². The highest BCUT2D eigenvalue weighted by molar-refractivity contribution is 4.71. The maximum Gasteiger partial charge on any atom is 0.0269 e. The van der Waals surface area contributed by atoms with E-state index in [1.165, 1.54) is 0 Å². The molecule has 0 aromatic heterocycles. The third-order valence-corrected chi connectivity index (χ3v) is 1.32. The summed E-state index contributed by atoms with van der Waals surface area (Å²) >= 11 is 0. The van der Waals surface area contributed by atoms with Gasteiger partial charge in [-0.05, 0) is 20.8 Å². The van der Waals surface area contributed by atoms with Gasteiger partial charge in [0.15, 0.2) is 0 Å². The van der Waals surface area contributed by atoms with E-state index in [0.29, 0.717) is 0 Å². The molecule has 0 amide bonds. The van der Waals surface area contributed by atoms with Gasteiger partial charge >= 0.3 is 0 Å². The van der Waals surface area contributed by atoms with Gasteiger partial charge in [0.2, 0.25) is 0 Å². The van der Waals surface area contributed by atoms with Crippen molar-refractivity contribution in [3.8, 4) is 0 Å². The van der Waals surface area contributed by atoms with E-state index in [4.69, 9.17) is 0 Å². The molecule has 2 heteroatoms. The molecule has 1 N–H and O–H groups in total. The van der Waals surface area contributed by atoms with Gasteiger partial charge in [0.1, 0.15) is 0 Å². The van der Waals surface area contributed by atoms with Crippen molar-refractivity contribution in [2.45, 2.75) is 33.2 Å². The van der Waals surface area contributed by atoms with Crippen molar-refractivity contribution in [2.75, 3.05) is 6.54 Å². The lowest BCUT2D eigenvalue weighted by molar-refractivity contribution is 0.101. The molecule has 0 fully saturated rings. The zero-order chi connectivity index (χ0) is 7.49. The Morgan fingerprint density at radius 1 is 1.44 bits per heavy atom. The molecule has 0 aromatic rings. The fraction of sp³-hybridized carbons (Fsp3) is 0.857. The largest absolute Gasteiger partial charge is 0.253 e. The van der Waals surface area contributed by atoms with Gasteiger partial charge in [0.05, 0.1) is 0 Å². The summed E-state index contributed by atoms with van der Waals surface area (Å²) in [5, 5.41) is 2.08. The first kappa shape index (κ1) is 8.92. The lowest BCUT2D eigenvalue weighted by Gasteiger charge is -2.33. The van der Waals surface area contributed by atoms with Crippen LogP contribution in [-0.2, 0) is 0 Å². The average Bonchev–Trinajstić information content (AvgIpc) is 1.65. The summed E-state index contributed by atoms with van der Waals surface area (Å²) in [6, 6.07) is 0. The Hall–Kier alpha value is -0.0800. The van der Waals surface area contributed by atoms with Crippen molar-refractivity contribution in [3.63, 3.8) is 0 Å². The number of hydrazine groups is 1. The summed E-state index contributed by atoms with van der Waals surface area (Å²) in [6.07, 6.45) is 0. The molecule has 0 atom stereocenters. The summed E-state index contributed by atoms with van der Waals surface area (Å²) in [6.45, 7) is 9.52. The first-order valence-electron chi connectivity index (χ1n) is 3.32. The van der Waals surface area contributed by atoms with Gasteiger partial charge in [-0.1, -0.05) is 6.92 Å². The summed E-state index contributed by atoms with van der Waals surface area (Å²) in [5.41, 5.74) is 3.05. The van der Waals surface area contributed by atoms with Crippen molar-refractivity contribution in [1.29, 1.82) is 0 Å². The first-order valence-corrected chi connectivity index (χ1v) is 3.32. The molecule has 0 saturated heterocycles. The van der Waals surface area contributed by atoms with Gasteiger partial charge in [-0.15, -0.1) is 0 Å². The molecule has 0 rings (SSSR count). The molecule has 0 aliphatic heterocycles. The Labute approximate surface area is 58.2 Å². The van der Waals surface area contributed by atoms with Gasteiger partial charge in [0.25, 0.3) is 0 Å². The lowest BCUT2D eigenvalue weighted by Crippen LogP contribution is -2.47. The van der Waals surface area contributed by atoms with Gasteiger partial charge < -0.3 is 0 Å². The molecule has 0 aromatic carbocycles. The monoisotopic (exact) mass is 129 g/mol. The van der Waals surface area contributed by atoms with E-state index in [2.05, 4.69) is 45.2 Å². The fourth-order valence-electron chi connectivity index (χ4n) is 0.823. The number of hydrogen-bond donors (Lipinski definition) is 1. The molecule has 0 unspecified atom stereocenters. The molecule has 55 valence electrons. The minimum atomic E-state index is 0.177. The zero-order valence-corrected chi connectivity index (χ0v) is 6.86. The molecule has 0 spiro atoms. The van der Waals surface area contributed by atoms with Crippen molar-refractivity contribution in [1.82, 2.24) is 10.4 Å². The van der Waals surface area contributed by atoms with Crippen LogP contribution in [0.25, 0.3) is 0 Å². The Kier molecular flexibility index (Phi) is 3.15. The van der Waals surface area contributed by atoms with Crippen LogP contribution in [0.4, 0.5) is 0 Å². The summed E-state index contributed by atoms with van der Waals surface area (Å²) in [5.74, 6) is 0. The second kappa shape index (κ2) is 3.18. The molecule has 0 aliphatic rings. The van der Waals surface area contributed by atoms with Crippen LogP contribution >= 0.6 is 0 Å². The standard InChI is InChI=1S/C7H17N2/c1-6-9(8-5)7(2,3)4/h8H,5-6H2,1-4H3. The van der Waals surface area contributed by atoms with E-state index in [1.54, 1.807) is 0 Å². The molecule has 0 bridgehead atoms. The van der Waals surface area contributed by atoms with Crippen LogP contribution in [0.5, 0.6) is 0 Å². The van der Waals surface area contributed by atoms with Crippen molar-refractivity contribution < 1.29 is 0 Å². The normalized spacial score (nSPS) is 12.7. The third kappa shape index (κ3) is 2.82. The van der Waals surface area contributed by atoms with E-state index in [9.17, 15) is 0 Å². The fourth-order valence-corrected chi connectivity index (χ4v) is 0.823. The molecule has 0 heterocycles. The topological polar surface area (TPSA) is 15.3 Å². The molecular formula is C7H17N2. The first-order chi connectivity index (χ1) is 4.02. The SMILES string of the molecule is [CH2]NN(CC)C(C)(C)C. The maximum atomic E-state index is 3.60. The van der Waals surface area contributed by atoms with Gasteiger partial charge in [-0.3, -0.25) is 5.43 Å². The molecule has 0 saturated carbocycles. The van der Waals surface area contributed by atoms with Crippen molar-refractivity contribution in [3.05, 3.63) is 7.05 Å². The van der Waals surface area contributed by atoms with E-state index in [-0.39, 0.29) is 5.54 Å². The smallest absolute Gasteiger partial charge is 0.0269 e. The van der Waals surface area contributed by atoms with E-state index in [0.717, 1.165) is 6.54 Å².